The molecule has 0 aromatic heterocycles. The molecule has 0 aliphatic carbocycles. The van der Waals surface area contributed by atoms with Crippen molar-refractivity contribution in [2.75, 3.05) is 6.54 Å². The van der Waals surface area contributed by atoms with Crippen molar-refractivity contribution in [1.82, 2.24) is 4.90 Å². The second kappa shape index (κ2) is 3.77. The first kappa shape index (κ1) is 9.77. The fraction of sp³-hybridized carbons (Fsp3) is 0.900. The lowest BCUT2D eigenvalue weighted by molar-refractivity contribution is 0.0837. The summed E-state index contributed by atoms with van der Waals surface area (Å²) in [7, 11) is 0. The predicted octanol–water partition coefficient (Wildman–Crippen LogP) is 1.26. The van der Waals surface area contributed by atoms with Gasteiger partial charge in [0.15, 0.2) is 0 Å². The summed E-state index contributed by atoms with van der Waals surface area (Å²) in [5.74, 6) is 0.660. The maximum atomic E-state index is 11.0. The number of fused-ring (bicyclic) bond motifs is 2. The molecule has 0 saturated carbocycles. The van der Waals surface area contributed by atoms with E-state index in [-0.39, 0.29) is 12.1 Å². The molecule has 2 heterocycles. The number of piperidine rings is 1. The second-order valence-electron chi connectivity index (χ2n) is 4.49. The van der Waals surface area contributed by atoms with E-state index in [9.17, 15) is 4.79 Å². The third kappa shape index (κ3) is 1.59. The highest BCUT2D eigenvalue weighted by Gasteiger charge is 2.42. The third-order valence-electron chi connectivity index (χ3n) is 3.63. The van der Waals surface area contributed by atoms with Crippen LogP contribution in [0.25, 0.3) is 0 Å². The first-order valence-electron chi connectivity index (χ1n) is 5.43. The van der Waals surface area contributed by atoms with Crippen LogP contribution in [0.15, 0.2) is 0 Å². The third-order valence-corrected chi connectivity index (χ3v) is 3.63. The van der Waals surface area contributed by atoms with E-state index in [0.717, 1.165) is 38.6 Å². The van der Waals surface area contributed by atoms with E-state index >= 15 is 0 Å². The van der Waals surface area contributed by atoms with Crippen molar-refractivity contribution in [3.05, 3.63) is 0 Å². The van der Waals surface area contributed by atoms with E-state index in [0.29, 0.717) is 5.92 Å². The van der Waals surface area contributed by atoms with Gasteiger partial charge in [-0.15, -0.1) is 0 Å². The Labute approximate surface area is 84.1 Å². The summed E-state index contributed by atoms with van der Waals surface area (Å²) in [5.41, 5.74) is 5.54. The van der Waals surface area contributed by atoms with Crippen molar-refractivity contribution < 1.29 is 9.90 Å². The molecule has 2 bridgehead atoms. The van der Waals surface area contributed by atoms with Gasteiger partial charge in [-0.3, -0.25) is 0 Å². The van der Waals surface area contributed by atoms with E-state index in [4.69, 9.17) is 10.8 Å². The molecule has 14 heavy (non-hydrogen) atoms. The van der Waals surface area contributed by atoms with Crippen molar-refractivity contribution in [1.29, 1.82) is 0 Å². The average Bonchev–Trinajstić information content (AvgIpc) is 2.39. The Bertz CT molecular complexity index is 218. The van der Waals surface area contributed by atoms with E-state index in [1.807, 2.05) is 0 Å². The molecule has 2 aliphatic heterocycles. The Balaban J connectivity index is 2.01. The lowest BCUT2D eigenvalue weighted by Crippen LogP contribution is -2.46. The van der Waals surface area contributed by atoms with Crippen molar-refractivity contribution in [2.24, 2.45) is 11.7 Å². The highest BCUT2D eigenvalue weighted by molar-refractivity contribution is 5.66. The normalized spacial score (nSPS) is 36.1. The van der Waals surface area contributed by atoms with Crippen molar-refractivity contribution >= 4 is 6.09 Å². The number of carboxylic acid groups (broad SMARTS) is 1. The topological polar surface area (TPSA) is 66.6 Å². The Morgan fingerprint density at radius 2 is 1.93 bits per heavy atom. The van der Waals surface area contributed by atoms with Crippen LogP contribution in [0.5, 0.6) is 0 Å². The minimum absolute atomic E-state index is 0.280. The highest BCUT2D eigenvalue weighted by Crippen LogP contribution is 2.39. The molecule has 80 valence electrons. The van der Waals surface area contributed by atoms with Crippen LogP contribution < -0.4 is 5.73 Å². The van der Waals surface area contributed by atoms with Gasteiger partial charge in [0.25, 0.3) is 0 Å². The van der Waals surface area contributed by atoms with Crippen LogP contribution in [0, 0.1) is 5.92 Å². The van der Waals surface area contributed by atoms with Crippen molar-refractivity contribution in [2.45, 2.75) is 44.2 Å². The molecule has 4 nitrogen and oxygen atoms in total. The summed E-state index contributed by atoms with van der Waals surface area (Å²) in [5, 5.41) is 9.04. The van der Waals surface area contributed by atoms with Gasteiger partial charge >= 0.3 is 6.09 Å². The Morgan fingerprint density at radius 3 is 2.36 bits per heavy atom. The monoisotopic (exact) mass is 198 g/mol. The lowest BCUT2D eigenvalue weighted by atomic mass is 9.88. The molecular weight excluding hydrogens is 180 g/mol. The maximum absolute atomic E-state index is 11.0. The molecule has 1 amide bonds. The molecule has 0 spiro atoms. The zero-order valence-corrected chi connectivity index (χ0v) is 8.35. The fourth-order valence-electron chi connectivity index (χ4n) is 3.07. The van der Waals surface area contributed by atoms with Crippen LogP contribution in [0.3, 0.4) is 0 Å². The van der Waals surface area contributed by atoms with Gasteiger partial charge in [0, 0.05) is 12.1 Å². The second-order valence-corrected chi connectivity index (χ2v) is 4.49. The number of nitrogens with two attached hydrogens (primary N) is 1. The Kier molecular flexibility index (Phi) is 2.63. The molecule has 2 fully saturated rings. The van der Waals surface area contributed by atoms with Crippen LogP contribution >= 0.6 is 0 Å². The number of rotatable bonds is 2. The molecule has 2 unspecified atom stereocenters. The summed E-state index contributed by atoms with van der Waals surface area (Å²) >= 11 is 0. The number of hydrogen-bond acceptors (Lipinski definition) is 2. The number of amides is 1. The predicted molar refractivity (Wildman–Crippen MR) is 53.1 cm³/mol. The number of hydrogen-bond donors (Lipinski definition) is 2. The molecule has 2 saturated heterocycles. The zero-order chi connectivity index (χ0) is 10.1. The summed E-state index contributed by atoms with van der Waals surface area (Å²) in [4.78, 5) is 12.7. The van der Waals surface area contributed by atoms with Crippen LogP contribution in [-0.4, -0.2) is 34.7 Å². The summed E-state index contributed by atoms with van der Waals surface area (Å²) in [6.07, 6.45) is 4.49. The van der Waals surface area contributed by atoms with Gasteiger partial charge in [0.1, 0.15) is 0 Å². The molecule has 4 heteroatoms. The standard InChI is InChI=1S/C10H18N2O2/c11-4-3-7-5-8-1-2-9(6-7)12(8)10(13)14/h7-9H,1-6,11H2,(H,13,14). The average molecular weight is 198 g/mol. The maximum Gasteiger partial charge on any atom is 0.407 e. The van der Waals surface area contributed by atoms with Gasteiger partial charge in [-0.1, -0.05) is 0 Å². The van der Waals surface area contributed by atoms with E-state index in [2.05, 4.69) is 0 Å². The van der Waals surface area contributed by atoms with Gasteiger partial charge in [-0.25, -0.2) is 4.79 Å². The number of nitrogens with zero attached hydrogens (tertiary/aromatic N) is 1. The van der Waals surface area contributed by atoms with Crippen LogP contribution in [0.4, 0.5) is 4.79 Å². The van der Waals surface area contributed by atoms with Gasteiger partial charge in [-0.05, 0) is 44.6 Å². The summed E-state index contributed by atoms with van der Waals surface area (Å²) in [6, 6.07) is 0.561. The fourth-order valence-corrected chi connectivity index (χ4v) is 3.07. The molecular formula is C10H18N2O2. The summed E-state index contributed by atoms with van der Waals surface area (Å²) < 4.78 is 0. The molecule has 2 rings (SSSR count). The van der Waals surface area contributed by atoms with Gasteiger partial charge in [0.05, 0.1) is 0 Å². The minimum Gasteiger partial charge on any atom is -0.465 e. The Morgan fingerprint density at radius 1 is 1.36 bits per heavy atom. The van der Waals surface area contributed by atoms with Crippen molar-refractivity contribution in [3.8, 4) is 0 Å². The number of carbonyl (C=O) groups is 1. The van der Waals surface area contributed by atoms with E-state index < -0.39 is 6.09 Å². The Hall–Kier alpha value is -0.770. The largest absolute Gasteiger partial charge is 0.465 e. The smallest absolute Gasteiger partial charge is 0.407 e. The first-order chi connectivity index (χ1) is 6.72. The first-order valence-corrected chi connectivity index (χ1v) is 5.43. The molecule has 0 aromatic carbocycles. The minimum atomic E-state index is -0.733. The zero-order valence-electron chi connectivity index (χ0n) is 8.35. The van der Waals surface area contributed by atoms with Crippen LogP contribution in [-0.2, 0) is 0 Å². The molecule has 3 N–H and O–H groups in total. The summed E-state index contributed by atoms with van der Waals surface area (Å²) in [6.45, 7) is 0.733. The highest BCUT2D eigenvalue weighted by atomic mass is 16.4. The molecule has 2 aliphatic rings. The van der Waals surface area contributed by atoms with E-state index in [1.54, 1.807) is 4.90 Å². The van der Waals surface area contributed by atoms with Gasteiger partial charge in [-0.2, -0.15) is 0 Å². The van der Waals surface area contributed by atoms with E-state index in [1.165, 1.54) is 0 Å². The van der Waals surface area contributed by atoms with Crippen LogP contribution in [0.1, 0.15) is 32.1 Å². The molecule has 2 atom stereocenters. The lowest BCUT2D eigenvalue weighted by Gasteiger charge is -2.37. The van der Waals surface area contributed by atoms with Crippen molar-refractivity contribution in [3.63, 3.8) is 0 Å². The SMILES string of the molecule is NCCC1CC2CCC(C1)N2C(=O)O. The van der Waals surface area contributed by atoms with Gasteiger partial charge < -0.3 is 15.7 Å². The molecule has 0 aromatic rings. The molecule has 0 radical (unpaired) electrons. The van der Waals surface area contributed by atoms with Gasteiger partial charge in [0.2, 0.25) is 0 Å². The quantitative estimate of drug-likeness (QED) is 0.702. The van der Waals surface area contributed by atoms with Crippen LogP contribution in [0.2, 0.25) is 0 Å².